The van der Waals surface area contributed by atoms with E-state index in [4.69, 9.17) is 5.11 Å². The molecule has 0 aliphatic carbocycles. The van der Waals surface area contributed by atoms with Crippen LogP contribution in [0.1, 0.15) is 16.8 Å². The summed E-state index contributed by atoms with van der Waals surface area (Å²) in [5, 5.41) is 12.2. The minimum atomic E-state index is -0.0840. The van der Waals surface area contributed by atoms with Gasteiger partial charge in [0.05, 0.1) is 18.0 Å². The van der Waals surface area contributed by atoms with Gasteiger partial charge in [0.15, 0.2) is 0 Å². The van der Waals surface area contributed by atoms with Gasteiger partial charge >= 0.3 is 0 Å². The molecule has 1 atom stereocenters. The zero-order valence-electron chi connectivity index (χ0n) is 17.0. The summed E-state index contributed by atoms with van der Waals surface area (Å²) in [6, 6.07) is 13.3. The Morgan fingerprint density at radius 1 is 1.30 bits per heavy atom. The molecule has 2 aromatic heterocycles. The molecule has 156 valence electrons. The average molecular weight is 406 g/mol. The van der Waals surface area contributed by atoms with Gasteiger partial charge < -0.3 is 25.2 Å². The van der Waals surface area contributed by atoms with Crippen LogP contribution in [0.4, 0.5) is 11.6 Å². The van der Waals surface area contributed by atoms with Crippen LogP contribution in [0.15, 0.2) is 54.9 Å². The molecule has 8 heteroatoms. The molecule has 0 spiro atoms. The Balaban J connectivity index is 1.36. The van der Waals surface area contributed by atoms with Crippen LogP contribution in [0.2, 0.25) is 0 Å². The number of aliphatic hydroxyl groups is 1. The maximum absolute atomic E-state index is 12.6. The largest absolute Gasteiger partial charge is 0.395 e. The molecule has 4 rings (SSSR count). The van der Waals surface area contributed by atoms with E-state index < -0.39 is 0 Å². The Morgan fingerprint density at radius 3 is 2.87 bits per heavy atom. The van der Waals surface area contributed by atoms with E-state index >= 15 is 0 Å². The molecular formula is C22H26N6O2. The summed E-state index contributed by atoms with van der Waals surface area (Å²) in [5.74, 6) is 0.592. The van der Waals surface area contributed by atoms with Crippen molar-refractivity contribution in [1.29, 1.82) is 0 Å². The van der Waals surface area contributed by atoms with Gasteiger partial charge in [-0.1, -0.05) is 0 Å². The Kier molecular flexibility index (Phi) is 5.94. The van der Waals surface area contributed by atoms with E-state index in [1.807, 2.05) is 60.6 Å². The molecule has 3 aromatic rings. The van der Waals surface area contributed by atoms with Crippen molar-refractivity contribution in [3.05, 3.63) is 60.4 Å². The number of benzene rings is 1. The number of anilines is 2. The normalized spacial score (nSPS) is 15.9. The van der Waals surface area contributed by atoms with Gasteiger partial charge in [-0.2, -0.15) is 0 Å². The summed E-state index contributed by atoms with van der Waals surface area (Å²) < 4.78 is 0. The Hall–Kier alpha value is -3.39. The molecule has 1 aliphatic heterocycles. The summed E-state index contributed by atoms with van der Waals surface area (Å²) in [6.45, 7) is 2.12. The second kappa shape index (κ2) is 8.96. The van der Waals surface area contributed by atoms with Crippen molar-refractivity contribution < 1.29 is 9.90 Å². The second-order valence-corrected chi connectivity index (χ2v) is 7.42. The summed E-state index contributed by atoms with van der Waals surface area (Å²) in [5.41, 5.74) is 3.39. The van der Waals surface area contributed by atoms with Crippen molar-refractivity contribution in [2.75, 3.05) is 43.1 Å². The van der Waals surface area contributed by atoms with Crippen LogP contribution in [-0.2, 0) is 0 Å². The predicted molar refractivity (Wildman–Crippen MR) is 117 cm³/mol. The molecule has 1 aromatic carbocycles. The maximum Gasteiger partial charge on any atom is 0.251 e. The van der Waals surface area contributed by atoms with Crippen molar-refractivity contribution in [2.45, 2.75) is 12.5 Å². The number of hydrogen-bond donors (Lipinski definition) is 3. The van der Waals surface area contributed by atoms with Crippen molar-refractivity contribution in [2.24, 2.45) is 0 Å². The van der Waals surface area contributed by atoms with Gasteiger partial charge in [0.2, 0.25) is 5.95 Å². The van der Waals surface area contributed by atoms with Gasteiger partial charge in [0, 0.05) is 56.4 Å². The first kappa shape index (κ1) is 19.9. The molecule has 30 heavy (non-hydrogen) atoms. The smallest absolute Gasteiger partial charge is 0.251 e. The lowest BCUT2D eigenvalue weighted by Gasteiger charge is -2.19. The summed E-state index contributed by atoms with van der Waals surface area (Å²) in [7, 11) is 1.91. The summed E-state index contributed by atoms with van der Waals surface area (Å²) in [6.07, 6.45) is 4.48. The van der Waals surface area contributed by atoms with Gasteiger partial charge in [0.1, 0.15) is 0 Å². The highest BCUT2D eigenvalue weighted by Gasteiger charge is 2.26. The third-order valence-corrected chi connectivity index (χ3v) is 5.33. The van der Waals surface area contributed by atoms with Crippen LogP contribution in [-0.4, -0.2) is 65.3 Å². The minimum absolute atomic E-state index is 0.0481. The van der Waals surface area contributed by atoms with Crippen LogP contribution < -0.4 is 15.1 Å². The van der Waals surface area contributed by atoms with Crippen molar-refractivity contribution in [3.8, 4) is 11.4 Å². The fraction of sp³-hybridized carbons (Fsp3) is 0.318. The number of aromatic nitrogens is 3. The van der Waals surface area contributed by atoms with Crippen LogP contribution in [0.3, 0.4) is 0 Å². The number of likely N-dealkylation sites (N-methyl/N-ethyl adjacent to an activating group) is 1. The SMILES string of the molecule is CN(CCO)c1ccc(C(=O)NC2CCN(c3nccc(-c4ccc[nH]4)n3)C2)cc1. The summed E-state index contributed by atoms with van der Waals surface area (Å²) >= 11 is 0. The van der Waals surface area contributed by atoms with E-state index in [9.17, 15) is 4.79 Å². The van der Waals surface area contributed by atoms with Crippen molar-refractivity contribution in [3.63, 3.8) is 0 Å². The number of carbonyl (C=O) groups is 1. The van der Waals surface area contributed by atoms with Gasteiger partial charge in [-0.3, -0.25) is 4.79 Å². The molecule has 8 nitrogen and oxygen atoms in total. The van der Waals surface area contributed by atoms with E-state index in [1.54, 1.807) is 6.20 Å². The van der Waals surface area contributed by atoms with Crippen molar-refractivity contribution >= 4 is 17.5 Å². The lowest BCUT2D eigenvalue weighted by atomic mass is 10.1. The van der Waals surface area contributed by atoms with Gasteiger partial charge in [-0.15, -0.1) is 0 Å². The number of hydrogen-bond acceptors (Lipinski definition) is 6. The molecule has 0 saturated carbocycles. The van der Waals surface area contributed by atoms with Crippen LogP contribution in [0, 0.1) is 0 Å². The Morgan fingerprint density at radius 2 is 2.13 bits per heavy atom. The topological polar surface area (TPSA) is 97.4 Å². The molecule has 1 saturated heterocycles. The lowest BCUT2D eigenvalue weighted by molar-refractivity contribution is 0.0940. The van der Waals surface area contributed by atoms with E-state index in [0.29, 0.717) is 24.6 Å². The Bertz CT molecular complexity index is 974. The molecule has 0 bridgehead atoms. The fourth-order valence-corrected chi connectivity index (χ4v) is 3.62. The zero-order valence-corrected chi connectivity index (χ0v) is 17.0. The van der Waals surface area contributed by atoms with Gasteiger partial charge in [-0.25, -0.2) is 9.97 Å². The quantitative estimate of drug-likeness (QED) is 0.555. The number of aliphatic hydroxyl groups excluding tert-OH is 1. The van der Waals surface area contributed by atoms with E-state index in [1.165, 1.54) is 0 Å². The molecule has 3 N–H and O–H groups in total. The summed E-state index contributed by atoms with van der Waals surface area (Å²) in [4.78, 5) is 28.9. The third kappa shape index (κ3) is 4.44. The molecule has 1 fully saturated rings. The number of nitrogens with one attached hydrogen (secondary N) is 2. The first-order valence-corrected chi connectivity index (χ1v) is 10.1. The zero-order chi connectivity index (χ0) is 20.9. The van der Waals surface area contributed by atoms with Gasteiger partial charge in [0.25, 0.3) is 5.91 Å². The number of H-pyrrole nitrogens is 1. The van der Waals surface area contributed by atoms with Gasteiger partial charge in [-0.05, 0) is 48.9 Å². The number of carbonyl (C=O) groups excluding carboxylic acids is 1. The second-order valence-electron chi connectivity index (χ2n) is 7.42. The first-order valence-electron chi connectivity index (χ1n) is 10.1. The molecule has 0 radical (unpaired) electrons. The highest BCUT2D eigenvalue weighted by molar-refractivity contribution is 5.94. The number of amides is 1. The highest BCUT2D eigenvalue weighted by atomic mass is 16.3. The average Bonchev–Trinajstić information content (AvgIpc) is 3.47. The highest BCUT2D eigenvalue weighted by Crippen LogP contribution is 2.21. The number of aromatic amines is 1. The molecule has 1 amide bonds. The standard InChI is InChI=1S/C22H26N6O2/c1-27(13-14-29)18-6-4-16(5-7-18)21(30)25-17-9-12-28(15-17)22-24-11-8-20(26-22)19-3-2-10-23-19/h2-8,10-11,17,23,29H,9,12-15H2,1H3,(H,25,30). The predicted octanol–water partition coefficient (Wildman–Crippen LogP) is 1.91. The number of rotatable bonds is 7. The maximum atomic E-state index is 12.6. The molecule has 1 aliphatic rings. The van der Waals surface area contributed by atoms with Crippen LogP contribution >= 0.6 is 0 Å². The monoisotopic (exact) mass is 406 g/mol. The Labute approximate surface area is 175 Å². The van der Waals surface area contributed by atoms with Crippen molar-refractivity contribution in [1.82, 2.24) is 20.3 Å². The van der Waals surface area contributed by atoms with Crippen LogP contribution in [0.25, 0.3) is 11.4 Å². The minimum Gasteiger partial charge on any atom is -0.395 e. The van der Waals surface area contributed by atoms with E-state index in [-0.39, 0.29) is 18.6 Å². The third-order valence-electron chi connectivity index (χ3n) is 5.33. The molecule has 1 unspecified atom stereocenters. The van der Waals surface area contributed by atoms with E-state index in [2.05, 4.69) is 25.2 Å². The fourth-order valence-electron chi connectivity index (χ4n) is 3.62. The van der Waals surface area contributed by atoms with E-state index in [0.717, 1.165) is 30.0 Å². The van der Waals surface area contributed by atoms with Crippen LogP contribution in [0.5, 0.6) is 0 Å². The lowest BCUT2D eigenvalue weighted by Crippen LogP contribution is -2.37. The number of nitrogens with zero attached hydrogens (tertiary/aromatic N) is 4. The first-order chi connectivity index (χ1) is 14.6. The molecule has 3 heterocycles. The molecular weight excluding hydrogens is 380 g/mol.